The van der Waals surface area contributed by atoms with Crippen molar-refractivity contribution < 1.29 is 31.4 Å². The number of hydrogen-bond donors (Lipinski definition) is 0. The van der Waals surface area contributed by atoms with Gasteiger partial charge in [0.05, 0.1) is 12.3 Å². The van der Waals surface area contributed by atoms with E-state index in [1.54, 1.807) is 37.3 Å². The predicted molar refractivity (Wildman–Crippen MR) is 115 cm³/mol. The first kappa shape index (κ1) is 25.6. The number of ketones is 1. The fourth-order valence-electron chi connectivity index (χ4n) is 2.78. The molecule has 0 unspecified atom stereocenters. The number of carbonyl (C=O) groups excluding carboxylic acids is 2. The van der Waals surface area contributed by atoms with Crippen LogP contribution in [-0.4, -0.2) is 28.1 Å². The SMILES string of the molecule is CCOC(=O)c1cc([C]2[CH][CH][CH][CH]2)nn1CC(=O)c1ccc(Cl)cc1.[CH]1[CH][CH][CH][CH]1.[Fe+2]. The van der Waals surface area contributed by atoms with Gasteiger partial charge in [0.1, 0.15) is 12.2 Å². The normalized spacial score (nSPS) is 15.7. The number of halogens is 1. The zero-order valence-electron chi connectivity index (χ0n) is 16.8. The van der Waals surface area contributed by atoms with Gasteiger partial charge in [-0.3, -0.25) is 4.79 Å². The molecule has 10 radical (unpaired) electrons. The van der Waals surface area contributed by atoms with E-state index in [1.165, 1.54) is 4.68 Å². The van der Waals surface area contributed by atoms with E-state index in [0.29, 0.717) is 16.3 Å². The molecule has 0 aliphatic heterocycles. The average Bonchev–Trinajstić information content (AvgIpc) is 3.51. The Morgan fingerprint density at radius 1 is 0.968 bits per heavy atom. The molecule has 2 aromatic rings. The molecule has 0 amide bonds. The van der Waals surface area contributed by atoms with Crippen LogP contribution in [0, 0.1) is 63.7 Å². The predicted octanol–water partition coefficient (Wildman–Crippen LogP) is 4.37. The first-order valence-corrected chi connectivity index (χ1v) is 9.88. The fourth-order valence-corrected chi connectivity index (χ4v) is 2.90. The van der Waals surface area contributed by atoms with Crippen LogP contribution in [0.25, 0.3) is 0 Å². The first-order valence-electron chi connectivity index (χ1n) is 9.51. The van der Waals surface area contributed by atoms with Gasteiger partial charge < -0.3 is 4.74 Å². The zero-order valence-corrected chi connectivity index (χ0v) is 18.7. The van der Waals surface area contributed by atoms with Gasteiger partial charge in [-0.25, -0.2) is 9.48 Å². The van der Waals surface area contributed by atoms with E-state index in [2.05, 4.69) is 5.10 Å². The van der Waals surface area contributed by atoms with Crippen molar-refractivity contribution in [1.82, 2.24) is 9.78 Å². The molecule has 31 heavy (non-hydrogen) atoms. The number of Topliss-reactive ketones (excluding diaryl/α,β-unsaturated/α-hetero) is 1. The Balaban J connectivity index is 0.000000501. The summed E-state index contributed by atoms with van der Waals surface area (Å²) in [5.74, 6) is 0.208. The maximum Gasteiger partial charge on any atom is 2.00 e. The van der Waals surface area contributed by atoms with Gasteiger partial charge >= 0.3 is 23.0 Å². The van der Waals surface area contributed by atoms with E-state index in [9.17, 15) is 9.59 Å². The molecule has 5 nitrogen and oxygen atoms in total. The first-order chi connectivity index (χ1) is 14.6. The second-order valence-corrected chi connectivity index (χ2v) is 6.80. The van der Waals surface area contributed by atoms with Crippen molar-refractivity contribution in [2.45, 2.75) is 13.5 Å². The summed E-state index contributed by atoms with van der Waals surface area (Å²) in [5, 5.41) is 4.96. The Morgan fingerprint density at radius 3 is 2.10 bits per heavy atom. The van der Waals surface area contributed by atoms with Gasteiger partial charge in [0.2, 0.25) is 0 Å². The van der Waals surface area contributed by atoms with E-state index in [4.69, 9.17) is 16.3 Å². The maximum atomic E-state index is 12.5. The number of rotatable bonds is 6. The fraction of sp³-hybridized carbons (Fsp3) is 0.125. The molecule has 1 aromatic heterocycles. The van der Waals surface area contributed by atoms with Crippen LogP contribution < -0.4 is 0 Å². The number of nitrogens with zero attached hydrogens (tertiary/aromatic N) is 2. The van der Waals surface area contributed by atoms with Crippen LogP contribution in [-0.2, 0) is 28.4 Å². The quantitative estimate of drug-likeness (QED) is 0.353. The molecule has 7 heteroatoms. The van der Waals surface area contributed by atoms with Crippen molar-refractivity contribution in [2.24, 2.45) is 0 Å². The van der Waals surface area contributed by atoms with Crippen molar-refractivity contribution in [3.63, 3.8) is 0 Å². The van der Waals surface area contributed by atoms with Crippen LogP contribution >= 0.6 is 11.6 Å². The van der Waals surface area contributed by atoms with E-state index in [-0.39, 0.29) is 41.7 Å². The molecule has 0 N–H and O–H groups in total. The topological polar surface area (TPSA) is 61.2 Å². The van der Waals surface area contributed by atoms with E-state index >= 15 is 0 Å². The van der Waals surface area contributed by atoms with Crippen LogP contribution in [0.15, 0.2) is 30.3 Å². The molecule has 0 bridgehead atoms. The molecule has 2 aliphatic rings. The summed E-state index contributed by atoms with van der Waals surface area (Å²) >= 11 is 5.85. The minimum atomic E-state index is -0.503. The van der Waals surface area contributed by atoms with Gasteiger partial charge in [-0.2, -0.15) is 5.10 Å². The second kappa shape index (κ2) is 13.0. The minimum Gasteiger partial charge on any atom is -0.461 e. The number of esters is 1. The summed E-state index contributed by atoms with van der Waals surface area (Å²) in [6, 6.07) is 8.24. The van der Waals surface area contributed by atoms with Crippen molar-refractivity contribution in [1.29, 1.82) is 0 Å². The smallest absolute Gasteiger partial charge is 0.461 e. The Morgan fingerprint density at radius 2 is 1.55 bits per heavy atom. The monoisotopic (exact) mass is 476 g/mol. The Kier molecular flexibility index (Phi) is 10.8. The van der Waals surface area contributed by atoms with Crippen LogP contribution in [0.1, 0.15) is 33.5 Å². The van der Waals surface area contributed by atoms with Crippen molar-refractivity contribution in [3.8, 4) is 0 Å². The van der Waals surface area contributed by atoms with Crippen LogP contribution in [0.5, 0.6) is 0 Å². The summed E-state index contributed by atoms with van der Waals surface area (Å²) in [5.41, 5.74) is 1.38. The summed E-state index contributed by atoms with van der Waals surface area (Å²) in [6.07, 6.45) is 17.6. The number of carbonyl (C=O) groups is 2. The van der Waals surface area contributed by atoms with Crippen molar-refractivity contribution in [2.75, 3.05) is 6.61 Å². The molecule has 1 aromatic carbocycles. The van der Waals surface area contributed by atoms with Crippen LogP contribution in [0.2, 0.25) is 5.02 Å². The number of ether oxygens (including phenoxy) is 1. The van der Waals surface area contributed by atoms with E-state index in [0.717, 1.165) is 5.92 Å². The molecular weight excluding hydrogens is 456 g/mol. The third-order valence-electron chi connectivity index (χ3n) is 4.24. The van der Waals surface area contributed by atoms with Gasteiger partial charge in [-0.05, 0) is 95.0 Å². The van der Waals surface area contributed by atoms with Crippen molar-refractivity contribution >= 4 is 23.4 Å². The Bertz CT molecular complexity index is 833. The van der Waals surface area contributed by atoms with Crippen LogP contribution in [0.3, 0.4) is 0 Å². The summed E-state index contributed by atoms with van der Waals surface area (Å²) in [4.78, 5) is 24.7. The van der Waals surface area contributed by atoms with Gasteiger partial charge in [0, 0.05) is 16.5 Å². The van der Waals surface area contributed by atoms with Gasteiger partial charge in [-0.15, -0.1) is 0 Å². The molecule has 2 saturated carbocycles. The Labute approximate surface area is 200 Å². The minimum absolute atomic E-state index is 0. The average molecular weight is 477 g/mol. The maximum absolute atomic E-state index is 12.5. The standard InChI is InChI=1S/C19H16ClN2O3.C5H5.Fe/c1-2-25-19(24)17-11-16(13-5-3-4-6-13)21-22(17)12-18(23)14-7-9-15(20)10-8-14;1-2-4-5-3-1;/h3-11H,2,12H2,1H3;1-5H;/q;;+2. The number of aromatic nitrogens is 2. The third-order valence-corrected chi connectivity index (χ3v) is 4.49. The summed E-state index contributed by atoms with van der Waals surface area (Å²) in [6.45, 7) is 1.92. The number of benzene rings is 1. The van der Waals surface area contributed by atoms with Crippen molar-refractivity contribution in [3.05, 3.63) is 116 Å². The second-order valence-electron chi connectivity index (χ2n) is 6.36. The molecule has 158 valence electrons. The summed E-state index contributed by atoms with van der Waals surface area (Å²) < 4.78 is 6.46. The number of hydrogen-bond acceptors (Lipinski definition) is 4. The van der Waals surface area contributed by atoms with Gasteiger partial charge in [0.15, 0.2) is 5.78 Å². The Hall–Kier alpha value is -1.62. The molecule has 4 rings (SSSR count). The third kappa shape index (κ3) is 7.48. The molecule has 2 fully saturated rings. The molecule has 0 atom stereocenters. The molecule has 2 aliphatic carbocycles. The summed E-state index contributed by atoms with van der Waals surface area (Å²) in [7, 11) is 0. The molecular formula is C24H21ClFeN2O3+2. The van der Waals surface area contributed by atoms with Crippen LogP contribution in [0.4, 0.5) is 0 Å². The van der Waals surface area contributed by atoms with Gasteiger partial charge in [0.25, 0.3) is 0 Å². The van der Waals surface area contributed by atoms with E-state index < -0.39 is 5.97 Å². The zero-order chi connectivity index (χ0) is 21.3. The molecule has 0 spiro atoms. The molecule has 0 saturated heterocycles. The van der Waals surface area contributed by atoms with Gasteiger partial charge in [-0.1, -0.05) is 11.6 Å². The van der Waals surface area contributed by atoms with E-state index in [1.807, 2.05) is 57.8 Å². The molecule has 1 heterocycles. The largest absolute Gasteiger partial charge is 2.00 e.